The van der Waals surface area contributed by atoms with Crippen molar-refractivity contribution in [1.29, 1.82) is 0 Å². The van der Waals surface area contributed by atoms with Crippen LogP contribution in [0.15, 0.2) is 43.1 Å². The van der Waals surface area contributed by atoms with E-state index in [1.807, 2.05) is 24.3 Å². The minimum absolute atomic E-state index is 0.134. The number of ether oxygens (including phenoxy) is 1. The molecule has 0 saturated carbocycles. The first-order chi connectivity index (χ1) is 13.2. The standard InChI is InChI=1S/C19H20ClN5O2/c1-2-15(26)22-13-7-5-6-12(10-13)17-14-11-21-25(16-8-3-4-9-27-16)18(14)24-19(20)23-17/h2,5-7,10-11,15-16,22,26H,1,3-4,8-9H2. The number of aliphatic hydroxyl groups excluding tert-OH is 1. The van der Waals surface area contributed by atoms with Crippen molar-refractivity contribution in [3.05, 3.63) is 48.4 Å². The summed E-state index contributed by atoms with van der Waals surface area (Å²) in [4.78, 5) is 8.81. The van der Waals surface area contributed by atoms with Crippen LogP contribution >= 0.6 is 11.6 Å². The van der Waals surface area contributed by atoms with Crippen LogP contribution in [0.25, 0.3) is 22.3 Å². The van der Waals surface area contributed by atoms with Gasteiger partial charge in [0.1, 0.15) is 6.23 Å². The van der Waals surface area contributed by atoms with Crippen LogP contribution in [-0.4, -0.2) is 37.7 Å². The quantitative estimate of drug-likeness (QED) is 0.395. The van der Waals surface area contributed by atoms with Gasteiger partial charge in [-0.2, -0.15) is 10.1 Å². The van der Waals surface area contributed by atoms with Crippen LogP contribution in [0.4, 0.5) is 5.69 Å². The van der Waals surface area contributed by atoms with Crippen molar-refractivity contribution in [2.24, 2.45) is 0 Å². The van der Waals surface area contributed by atoms with Gasteiger partial charge in [-0.15, -0.1) is 0 Å². The third-order valence-electron chi connectivity index (χ3n) is 4.53. The molecule has 140 valence electrons. The maximum absolute atomic E-state index is 9.73. The molecule has 27 heavy (non-hydrogen) atoms. The number of nitrogens with one attached hydrogen (secondary N) is 1. The van der Waals surface area contributed by atoms with E-state index >= 15 is 0 Å². The number of aliphatic hydroxyl groups is 1. The van der Waals surface area contributed by atoms with E-state index < -0.39 is 6.23 Å². The van der Waals surface area contributed by atoms with Gasteiger partial charge in [0.2, 0.25) is 5.28 Å². The predicted molar refractivity (Wildman–Crippen MR) is 104 cm³/mol. The SMILES string of the molecule is C=CC(O)Nc1cccc(-c2nc(Cl)nc3c2cnn3C2CCCCO2)c1. The molecule has 0 bridgehead atoms. The first kappa shape index (κ1) is 17.9. The van der Waals surface area contributed by atoms with Crippen LogP contribution in [-0.2, 0) is 4.74 Å². The molecule has 0 radical (unpaired) electrons. The number of fused-ring (bicyclic) bond motifs is 1. The number of rotatable bonds is 5. The van der Waals surface area contributed by atoms with Crippen molar-refractivity contribution in [3.63, 3.8) is 0 Å². The van der Waals surface area contributed by atoms with E-state index in [2.05, 4.69) is 27.0 Å². The molecular formula is C19H20ClN5O2. The first-order valence-corrected chi connectivity index (χ1v) is 9.23. The summed E-state index contributed by atoms with van der Waals surface area (Å²) in [6.07, 6.45) is 5.25. The molecule has 0 spiro atoms. The molecule has 2 atom stereocenters. The monoisotopic (exact) mass is 385 g/mol. The lowest BCUT2D eigenvalue weighted by molar-refractivity contribution is -0.0370. The van der Waals surface area contributed by atoms with Gasteiger partial charge >= 0.3 is 0 Å². The highest BCUT2D eigenvalue weighted by atomic mass is 35.5. The summed E-state index contributed by atoms with van der Waals surface area (Å²) in [6, 6.07) is 7.55. The number of halogens is 1. The molecule has 1 aliphatic rings. The summed E-state index contributed by atoms with van der Waals surface area (Å²) in [6.45, 7) is 4.28. The second-order valence-electron chi connectivity index (χ2n) is 6.39. The average Bonchev–Trinajstić information content (AvgIpc) is 3.11. The summed E-state index contributed by atoms with van der Waals surface area (Å²) in [5.74, 6) is 0. The molecule has 1 fully saturated rings. The maximum atomic E-state index is 9.73. The molecular weight excluding hydrogens is 366 g/mol. The topological polar surface area (TPSA) is 85.1 Å². The Morgan fingerprint density at radius 1 is 1.37 bits per heavy atom. The van der Waals surface area contributed by atoms with Crippen LogP contribution in [0, 0.1) is 0 Å². The Morgan fingerprint density at radius 3 is 3.04 bits per heavy atom. The Morgan fingerprint density at radius 2 is 2.26 bits per heavy atom. The minimum atomic E-state index is -0.833. The second-order valence-corrected chi connectivity index (χ2v) is 6.73. The predicted octanol–water partition coefficient (Wildman–Crippen LogP) is 3.76. The minimum Gasteiger partial charge on any atom is -0.370 e. The Balaban J connectivity index is 1.77. The lowest BCUT2D eigenvalue weighted by Crippen LogP contribution is -2.19. The fourth-order valence-electron chi connectivity index (χ4n) is 3.23. The van der Waals surface area contributed by atoms with Gasteiger partial charge in [0, 0.05) is 17.9 Å². The molecule has 4 rings (SSSR count). The molecule has 2 unspecified atom stereocenters. The smallest absolute Gasteiger partial charge is 0.225 e. The Hall–Kier alpha value is -2.48. The molecule has 8 heteroatoms. The van der Waals surface area contributed by atoms with Crippen molar-refractivity contribution in [1.82, 2.24) is 19.7 Å². The Kier molecular flexibility index (Phi) is 5.07. The fraction of sp³-hybridized carbons (Fsp3) is 0.316. The maximum Gasteiger partial charge on any atom is 0.225 e. The molecule has 3 heterocycles. The molecule has 0 amide bonds. The number of hydrogen-bond acceptors (Lipinski definition) is 6. The van der Waals surface area contributed by atoms with E-state index in [4.69, 9.17) is 16.3 Å². The van der Waals surface area contributed by atoms with Crippen LogP contribution < -0.4 is 5.32 Å². The van der Waals surface area contributed by atoms with E-state index in [0.29, 0.717) is 11.3 Å². The normalized spacial score (nSPS) is 18.4. The van der Waals surface area contributed by atoms with Crippen LogP contribution in [0.5, 0.6) is 0 Å². The highest BCUT2D eigenvalue weighted by molar-refractivity contribution is 6.28. The molecule has 7 nitrogen and oxygen atoms in total. The number of anilines is 1. The summed E-state index contributed by atoms with van der Waals surface area (Å²) < 4.78 is 7.63. The lowest BCUT2D eigenvalue weighted by Gasteiger charge is -2.23. The second kappa shape index (κ2) is 7.64. The van der Waals surface area contributed by atoms with Gasteiger partial charge in [0.15, 0.2) is 11.9 Å². The van der Waals surface area contributed by atoms with Gasteiger partial charge in [-0.05, 0) is 49.1 Å². The zero-order chi connectivity index (χ0) is 18.8. The zero-order valence-electron chi connectivity index (χ0n) is 14.7. The van der Waals surface area contributed by atoms with Crippen molar-refractivity contribution >= 4 is 28.3 Å². The van der Waals surface area contributed by atoms with Crippen molar-refractivity contribution in [2.75, 3.05) is 11.9 Å². The van der Waals surface area contributed by atoms with Gasteiger partial charge in [-0.1, -0.05) is 18.7 Å². The summed E-state index contributed by atoms with van der Waals surface area (Å²) in [5, 5.41) is 18.1. The fourth-order valence-corrected chi connectivity index (χ4v) is 3.40. The van der Waals surface area contributed by atoms with E-state index in [1.165, 1.54) is 6.08 Å². The molecule has 1 aromatic carbocycles. The summed E-state index contributed by atoms with van der Waals surface area (Å²) in [7, 11) is 0. The third kappa shape index (κ3) is 3.66. The Labute approximate surface area is 161 Å². The molecule has 0 aliphatic carbocycles. The number of hydrogen-bond donors (Lipinski definition) is 2. The van der Waals surface area contributed by atoms with Crippen molar-refractivity contribution < 1.29 is 9.84 Å². The van der Waals surface area contributed by atoms with E-state index in [9.17, 15) is 5.11 Å². The average molecular weight is 386 g/mol. The zero-order valence-corrected chi connectivity index (χ0v) is 15.4. The van der Waals surface area contributed by atoms with Crippen molar-refractivity contribution in [3.8, 4) is 11.3 Å². The molecule has 2 aromatic heterocycles. The third-order valence-corrected chi connectivity index (χ3v) is 4.70. The van der Waals surface area contributed by atoms with Gasteiger partial charge in [0.25, 0.3) is 0 Å². The number of aromatic nitrogens is 4. The highest BCUT2D eigenvalue weighted by Crippen LogP contribution is 2.32. The number of nitrogens with zero attached hydrogens (tertiary/aromatic N) is 4. The van der Waals surface area contributed by atoms with E-state index in [1.54, 1.807) is 10.9 Å². The van der Waals surface area contributed by atoms with Gasteiger partial charge in [0.05, 0.1) is 17.3 Å². The number of benzene rings is 1. The van der Waals surface area contributed by atoms with Crippen LogP contribution in [0.2, 0.25) is 5.28 Å². The van der Waals surface area contributed by atoms with E-state index in [-0.39, 0.29) is 11.5 Å². The summed E-state index contributed by atoms with van der Waals surface area (Å²) >= 11 is 6.22. The largest absolute Gasteiger partial charge is 0.370 e. The highest BCUT2D eigenvalue weighted by Gasteiger charge is 2.22. The molecule has 2 N–H and O–H groups in total. The lowest BCUT2D eigenvalue weighted by atomic mass is 10.1. The summed E-state index contributed by atoms with van der Waals surface area (Å²) in [5.41, 5.74) is 2.92. The Bertz CT molecular complexity index is 968. The van der Waals surface area contributed by atoms with Gasteiger partial charge in [-0.25, -0.2) is 9.67 Å². The molecule has 3 aromatic rings. The van der Waals surface area contributed by atoms with Crippen molar-refractivity contribution in [2.45, 2.75) is 31.7 Å². The van der Waals surface area contributed by atoms with Gasteiger partial charge < -0.3 is 15.2 Å². The van der Waals surface area contributed by atoms with Crippen LogP contribution in [0.3, 0.4) is 0 Å². The van der Waals surface area contributed by atoms with E-state index in [0.717, 1.165) is 42.5 Å². The first-order valence-electron chi connectivity index (χ1n) is 8.85. The van der Waals surface area contributed by atoms with Gasteiger partial charge in [-0.3, -0.25) is 0 Å². The molecule has 1 aliphatic heterocycles. The van der Waals surface area contributed by atoms with Crippen LogP contribution in [0.1, 0.15) is 25.5 Å². The molecule has 1 saturated heterocycles.